The Kier molecular flexibility index (Phi) is 6.26. The summed E-state index contributed by atoms with van der Waals surface area (Å²) in [5.74, 6) is -0.347. The summed E-state index contributed by atoms with van der Waals surface area (Å²) in [6.45, 7) is 3.14. The monoisotopic (exact) mass is 457 g/mol. The second kappa shape index (κ2) is 9.11. The number of hydrogen-bond donors (Lipinski definition) is 1. The molecule has 3 aromatic rings. The van der Waals surface area contributed by atoms with Gasteiger partial charge in [-0.25, -0.2) is 8.42 Å². The molecule has 0 aliphatic carbocycles. The average molecular weight is 458 g/mol. The lowest BCUT2D eigenvalue weighted by atomic mass is 10.1. The normalized spacial score (nSPS) is 14.8. The Hall–Kier alpha value is -3.21. The number of amides is 1. The molecule has 32 heavy (non-hydrogen) atoms. The van der Waals surface area contributed by atoms with Crippen molar-refractivity contribution in [1.82, 2.24) is 9.46 Å². The second-order valence-electron chi connectivity index (χ2n) is 7.28. The van der Waals surface area contributed by atoms with Crippen molar-refractivity contribution >= 4 is 21.6 Å². The van der Waals surface area contributed by atoms with Crippen LogP contribution in [0.15, 0.2) is 57.9 Å². The molecule has 0 saturated carbocycles. The summed E-state index contributed by atoms with van der Waals surface area (Å²) in [5.41, 5.74) is 2.75. The SMILES string of the molecule is COc1ccc(NC(=O)c2cc(-c3ccc(C)cc3)no2)cc1S(=O)(=O)N1CCOCC1. The van der Waals surface area contributed by atoms with E-state index in [1.54, 1.807) is 6.07 Å². The lowest BCUT2D eigenvalue weighted by Crippen LogP contribution is -2.40. The van der Waals surface area contributed by atoms with Crippen molar-refractivity contribution in [2.24, 2.45) is 0 Å². The third-order valence-electron chi connectivity index (χ3n) is 5.09. The molecule has 2 aromatic carbocycles. The number of sulfonamides is 1. The number of ether oxygens (including phenoxy) is 2. The van der Waals surface area contributed by atoms with Crippen molar-refractivity contribution in [3.8, 4) is 17.0 Å². The first-order chi connectivity index (χ1) is 15.4. The number of morpholine rings is 1. The molecule has 1 fully saturated rings. The van der Waals surface area contributed by atoms with E-state index >= 15 is 0 Å². The maximum Gasteiger partial charge on any atom is 0.294 e. The molecule has 1 amide bonds. The van der Waals surface area contributed by atoms with Gasteiger partial charge in [0, 0.05) is 30.4 Å². The predicted octanol–water partition coefficient (Wildman–Crippen LogP) is 2.93. The molecule has 10 heteroatoms. The molecule has 1 N–H and O–H groups in total. The third-order valence-corrected chi connectivity index (χ3v) is 7.01. The quantitative estimate of drug-likeness (QED) is 0.606. The molecular formula is C22H23N3O6S. The number of rotatable bonds is 6. The molecule has 0 spiro atoms. The van der Waals surface area contributed by atoms with E-state index in [1.165, 1.54) is 29.6 Å². The fraction of sp³-hybridized carbons (Fsp3) is 0.273. The van der Waals surface area contributed by atoms with Crippen LogP contribution < -0.4 is 10.1 Å². The van der Waals surface area contributed by atoms with Crippen LogP contribution in [-0.4, -0.2) is 57.2 Å². The highest BCUT2D eigenvalue weighted by molar-refractivity contribution is 7.89. The Bertz CT molecular complexity index is 1210. The van der Waals surface area contributed by atoms with Gasteiger partial charge in [0.25, 0.3) is 5.91 Å². The lowest BCUT2D eigenvalue weighted by molar-refractivity contribution is 0.0729. The van der Waals surface area contributed by atoms with Crippen LogP contribution in [-0.2, 0) is 14.8 Å². The van der Waals surface area contributed by atoms with Crippen LogP contribution in [0.5, 0.6) is 5.75 Å². The summed E-state index contributed by atoms with van der Waals surface area (Å²) in [6.07, 6.45) is 0. The first-order valence-electron chi connectivity index (χ1n) is 9.99. The van der Waals surface area contributed by atoms with Crippen molar-refractivity contribution in [3.63, 3.8) is 0 Å². The maximum atomic E-state index is 13.1. The van der Waals surface area contributed by atoms with E-state index in [2.05, 4.69) is 10.5 Å². The summed E-state index contributed by atoms with van der Waals surface area (Å²) >= 11 is 0. The van der Waals surface area contributed by atoms with E-state index in [9.17, 15) is 13.2 Å². The van der Waals surface area contributed by atoms with Crippen LogP contribution >= 0.6 is 0 Å². The van der Waals surface area contributed by atoms with E-state index in [0.29, 0.717) is 18.9 Å². The number of methoxy groups -OCH3 is 1. The van der Waals surface area contributed by atoms with Gasteiger partial charge in [0.15, 0.2) is 0 Å². The maximum absolute atomic E-state index is 13.1. The molecule has 2 heterocycles. The van der Waals surface area contributed by atoms with E-state index in [4.69, 9.17) is 14.0 Å². The zero-order valence-electron chi connectivity index (χ0n) is 17.7. The van der Waals surface area contributed by atoms with E-state index in [1.807, 2.05) is 31.2 Å². The summed E-state index contributed by atoms with van der Waals surface area (Å²) in [5, 5.41) is 6.62. The van der Waals surface area contributed by atoms with E-state index in [-0.39, 0.29) is 35.2 Å². The smallest absolute Gasteiger partial charge is 0.294 e. The molecule has 0 radical (unpaired) electrons. The van der Waals surface area contributed by atoms with Gasteiger partial charge in [0.2, 0.25) is 15.8 Å². The zero-order valence-corrected chi connectivity index (χ0v) is 18.5. The number of anilines is 1. The minimum atomic E-state index is -3.82. The minimum Gasteiger partial charge on any atom is -0.495 e. The molecule has 4 rings (SSSR count). The first kappa shape index (κ1) is 22.0. The average Bonchev–Trinajstić information content (AvgIpc) is 3.30. The summed E-state index contributed by atoms with van der Waals surface area (Å²) in [7, 11) is -2.43. The van der Waals surface area contributed by atoms with Gasteiger partial charge in [-0.05, 0) is 25.1 Å². The predicted molar refractivity (Wildman–Crippen MR) is 117 cm³/mol. The molecule has 1 aromatic heterocycles. The summed E-state index contributed by atoms with van der Waals surface area (Å²) in [4.78, 5) is 12.6. The van der Waals surface area contributed by atoms with Crippen LogP contribution in [0.1, 0.15) is 16.1 Å². The standard InChI is InChI=1S/C22H23N3O6S/c1-15-3-5-16(6-4-15)18-14-20(31-24-18)22(26)23-17-7-8-19(29-2)21(13-17)32(27,28)25-9-11-30-12-10-25/h3-8,13-14H,9-12H2,1-2H3,(H,23,26). The molecule has 1 aliphatic heterocycles. The second-order valence-corrected chi connectivity index (χ2v) is 9.19. The van der Waals surface area contributed by atoms with Gasteiger partial charge in [-0.3, -0.25) is 4.79 Å². The van der Waals surface area contributed by atoms with Crippen LogP contribution in [0, 0.1) is 6.92 Å². The molecule has 0 atom stereocenters. The molecule has 0 unspecified atom stereocenters. The number of aryl methyl sites for hydroxylation is 1. The van der Waals surface area contributed by atoms with Crippen LogP contribution in [0.2, 0.25) is 0 Å². The number of aromatic nitrogens is 1. The van der Waals surface area contributed by atoms with Crippen molar-refractivity contribution in [3.05, 3.63) is 59.9 Å². The van der Waals surface area contributed by atoms with Gasteiger partial charge in [0.05, 0.1) is 20.3 Å². The Morgan fingerprint density at radius 2 is 1.81 bits per heavy atom. The van der Waals surface area contributed by atoms with Gasteiger partial charge in [0.1, 0.15) is 16.3 Å². The van der Waals surface area contributed by atoms with Gasteiger partial charge >= 0.3 is 0 Å². The third kappa shape index (κ3) is 4.52. The van der Waals surface area contributed by atoms with E-state index < -0.39 is 15.9 Å². The molecule has 0 bridgehead atoms. The minimum absolute atomic E-state index is 0.00831. The first-order valence-corrected chi connectivity index (χ1v) is 11.4. The highest BCUT2D eigenvalue weighted by atomic mass is 32.2. The van der Waals surface area contributed by atoms with E-state index in [0.717, 1.165) is 11.1 Å². The van der Waals surface area contributed by atoms with Gasteiger partial charge in [-0.2, -0.15) is 4.31 Å². The fourth-order valence-corrected chi connectivity index (χ4v) is 4.91. The van der Waals surface area contributed by atoms with Crippen molar-refractivity contribution in [1.29, 1.82) is 0 Å². The number of carbonyl (C=O) groups is 1. The Morgan fingerprint density at radius 3 is 2.50 bits per heavy atom. The molecule has 168 valence electrons. The number of hydrogen-bond acceptors (Lipinski definition) is 7. The largest absolute Gasteiger partial charge is 0.495 e. The Balaban J connectivity index is 1.56. The van der Waals surface area contributed by atoms with Crippen LogP contribution in [0.25, 0.3) is 11.3 Å². The van der Waals surface area contributed by atoms with Gasteiger partial charge in [-0.15, -0.1) is 0 Å². The zero-order chi connectivity index (χ0) is 22.7. The molecule has 1 aliphatic rings. The van der Waals surface area contributed by atoms with Crippen LogP contribution in [0.3, 0.4) is 0 Å². The van der Waals surface area contributed by atoms with Crippen molar-refractivity contribution in [2.75, 3.05) is 38.7 Å². The number of benzene rings is 2. The molecule has 9 nitrogen and oxygen atoms in total. The highest BCUT2D eigenvalue weighted by Crippen LogP contribution is 2.30. The Labute approximate surface area is 186 Å². The number of nitrogens with one attached hydrogen (secondary N) is 1. The number of carbonyl (C=O) groups excluding carboxylic acids is 1. The highest BCUT2D eigenvalue weighted by Gasteiger charge is 2.30. The summed E-state index contributed by atoms with van der Waals surface area (Å²) in [6, 6.07) is 13.6. The fourth-order valence-electron chi connectivity index (χ4n) is 3.32. The lowest BCUT2D eigenvalue weighted by Gasteiger charge is -2.26. The van der Waals surface area contributed by atoms with Gasteiger partial charge < -0.3 is 19.3 Å². The van der Waals surface area contributed by atoms with Gasteiger partial charge in [-0.1, -0.05) is 35.0 Å². The molecular weight excluding hydrogens is 434 g/mol. The summed E-state index contributed by atoms with van der Waals surface area (Å²) < 4.78 is 43.2. The topological polar surface area (TPSA) is 111 Å². The van der Waals surface area contributed by atoms with Crippen LogP contribution in [0.4, 0.5) is 5.69 Å². The number of nitrogens with zero attached hydrogens (tertiary/aromatic N) is 2. The van der Waals surface area contributed by atoms with Crippen molar-refractivity contribution in [2.45, 2.75) is 11.8 Å². The van der Waals surface area contributed by atoms with Crippen molar-refractivity contribution < 1.29 is 27.2 Å². The molecule has 1 saturated heterocycles. The Morgan fingerprint density at radius 1 is 1.09 bits per heavy atom.